The van der Waals surface area contributed by atoms with E-state index in [9.17, 15) is 9.59 Å². The minimum absolute atomic E-state index is 0.00631. The van der Waals surface area contributed by atoms with Crippen LogP contribution in [0.5, 0.6) is 0 Å². The molecular formula is C18H21NO3S. The highest BCUT2D eigenvalue weighted by Gasteiger charge is 2.06. The van der Waals surface area contributed by atoms with E-state index >= 15 is 0 Å². The quantitative estimate of drug-likeness (QED) is 0.807. The first-order valence-electron chi connectivity index (χ1n) is 7.60. The Bertz CT molecular complexity index is 689. The van der Waals surface area contributed by atoms with E-state index in [1.807, 2.05) is 0 Å². The molecule has 0 radical (unpaired) electrons. The van der Waals surface area contributed by atoms with Crippen molar-refractivity contribution in [3.63, 3.8) is 0 Å². The fourth-order valence-corrected chi connectivity index (χ4v) is 3.45. The van der Waals surface area contributed by atoms with Crippen LogP contribution in [0.15, 0.2) is 30.3 Å². The molecule has 2 aromatic rings. The average Bonchev–Trinajstić information content (AvgIpc) is 2.79. The molecule has 0 fully saturated rings. The summed E-state index contributed by atoms with van der Waals surface area (Å²) < 4.78 is 0. The van der Waals surface area contributed by atoms with Crippen LogP contribution in [0.1, 0.15) is 33.7 Å². The number of carbonyl (C=O) groups excluding carboxylic acids is 1. The second kappa shape index (κ2) is 7.92. The third-order valence-electron chi connectivity index (χ3n) is 3.59. The van der Waals surface area contributed by atoms with E-state index in [1.54, 1.807) is 35.6 Å². The second-order valence-corrected chi connectivity index (χ2v) is 7.07. The summed E-state index contributed by atoms with van der Waals surface area (Å²) in [4.78, 5) is 25.2. The van der Waals surface area contributed by atoms with Gasteiger partial charge in [0.1, 0.15) is 0 Å². The van der Waals surface area contributed by atoms with Crippen LogP contribution in [0.25, 0.3) is 0 Å². The predicted octanol–water partition coefficient (Wildman–Crippen LogP) is 3.95. The van der Waals surface area contributed by atoms with E-state index in [1.165, 1.54) is 15.3 Å². The number of anilines is 1. The van der Waals surface area contributed by atoms with E-state index in [2.05, 4.69) is 25.2 Å². The maximum atomic E-state index is 12.0. The van der Waals surface area contributed by atoms with Gasteiger partial charge in [0.15, 0.2) is 0 Å². The van der Waals surface area contributed by atoms with Crippen molar-refractivity contribution in [2.24, 2.45) is 0 Å². The smallest absolute Gasteiger partial charge is 0.307 e. The molecule has 122 valence electrons. The van der Waals surface area contributed by atoms with Crippen molar-refractivity contribution in [3.8, 4) is 0 Å². The molecule has 23 heavy (non-hydrogen) atoms. The van der Waals surface area contributed by atoms with Crippen LogP contribution < -0.4 is 5.32 Å². The van der Waals surface area contributed by atoms with Crippen molar-refractivity contribution in [2.75, 3.05) is 5.32 Å². The van der Waals surface area contributed by atoms with Gasteiger partial charge in [-0.25, -0.2) is 0 Å². The lowest BCUT2D eigenvalue weighted by molar-refractivity contribution is -0.136. The van der Waals surface area contributed by atoms with Gasteiger partial charge in [0.05, 0.1) is 6.42 Å². The number of rotatable bonds is 7. The number of carboxylic acids is 1. The van der Waals surface area contributed by atoms with E-state index in [0.717, 1.165) is 18.4 Å². The fraction of sp³-hybridized carbons (Fsp3) is 0.333. The molecule has 0 saturated carbocycles. The molecule has 2 rings (SSSR count). The van der Waals surface area contributed by atoms with Gasteiger partial charge in [-0.05, 0) is 56.0 Å². The van der Waals surface area contributed by atoms with Crippen LogP contribution in [0.2, 0.25) is 0 Å². The summed E-state index contributed by atoms with van der Waals surface area (Å²) in [5.41, 5.74) is 2.75. The van der Waals surface area contributed by atoms with Crippen molar-refractivity contribution in [2.45, 2.75) is 39.5 Å². The highest BCUT2D eigenvalue weighted by molar-refractivity contribution is 7.12. The van der Waals surface area contributed by atoms with Gasteiger partial charge >= 0.3 is 5.97 Å². The Balaban J connectivity index is 1.78. The van der Waals surface area contributed by atoms with Crippen molar-refractivity contribution < 1.29 is 14.7 Å². The molecule has 1 aromatic carbocycles. The monoisotopic (exact) mass is 331 g/mol. The standard InChI is InChI=1S/C18H21NO3S/c1-12-10-15(13(2)23-12)4-3-5-17(20)19-16-8-6-14(7-9-16)11-18(21)22/h6-10H,3-5,11H2,1-2H3,(H,19,20)(H,21,22). The Kier molecular flexibility index (Phi) is 5.93. The third kappa shape index (κ3) is 5.53. The number of aliphatic carboxylic acids is 1. The lowest BCUT2D eigenvalue weighted by atomic mass is 10.1. The fourth-order valence-electron chi connectivity index (χ4n) is 2.48. The van der Waals surface area contributed by atoms with Crippen LogP contribution in [0.3, 0.4) is 0 Å². The number of amides is 1. The van der Waals surface area contributed by atoms with Gasteiger partial charge in [0.2, 0.25) is 5.91 Å². The summed E-state index contributed by atoms with van der Waals surface area (Å²) in [6.45, 7) is 4.22. The Morgan fingerprint density at radius 1 is 1.17 bits per heavy atom. The molecular weight excluding hydrogens is 310 g/mol. The zero-order valence-electron chi connectivity index (χ0n) is 13.4. The summed E-state index contributed by atoms with van der Waals surface area (Å²) in [5, 5.41) is 11.6. The number of aryl methyl sites for hydroxylation is 3. The number of thiophene rings is 1. The molecule has 4 nitrogen and oxygen atoms in total. The van der Waals surface area contributed by atoms with Crippen molar-refractivity contribution in [1.29, 1.82) is 0 Å². The summed E-state index contributed by atoms with van der Waals surface area (Å²) in [6.07, 6.45) is 2.21. The molecule has 1 aromatic heterocycles. The molecule has 0 bridgehead atoms. The third-order valence-corrected chi connectivity index (χ3v) is 4.59. The lowest BCUT2D eigenvalue weighted by Crippen LogP contribution is -2.11. The zero-order valence-corrected chi connectivity index (χ0v) is 14.2. The second-order valence-electron chi connectivity index (χ2n) is 5.61. The molecule has 0 aliphatic heterocycles. The minimum atomic E-state index is -0.860. The van der Waals surface area contributed by atoms with Gasteiger partial charge in [0.25, 0.3) is 0 Å². The topological polar surface area (TPSA) is 66.4 Å². The number of carboxylic acid groups (broad SMARTS) is 1. The summed E-state index contributed by atoms with van der Waals surface area (Å²) in [5.74, 6) is -0.874. The zero-order chi connectivity index (χ0) is 16.8. The van der Waals surface area contributed by atoms with Gasteiger partial charge < -0.3 is 10.4 Å². The van der Waals surface area contributed by atoms with Crippen molar-refractivity contribution >= 4 is 28.9 Å². The minimum Gasteiger partial charge on any atom is -0.481 e. The summed E-state index contributed by atoms with van der Waals surface area (Å²) >= 11 is 1.79. The van der Waals surface area contributed by atoms with Crippen molar-refractivity contribution in [1.82, 2.24) is 0 Å². The molecule has 0 saturated heterocycles. The number of carbonyl (C=O) groups is 2. The molecule has 0 aliphatic rings. The summed E-state index contributed by atoms with van der Waals surface area (Å²) in [6, 6.07) is 9.12. The van der Waals surface area contributed by atoms with Crippen molar-refractivity contribution in [3.05, 3.63) is 51.2 Å². The number of nitrogens with one attached hydrogen (secondary N) is 1. The Morgan fingerprint density at radius 2 is 1.87 bits per heavy atom. The molecule has 0 atom stereocenters. The van der Waals surface area contributed by atoms with Crippen LogP contribution >= 0.6 is 11.3 Å². The predicted molar refractivity (Wildman–Crippen MR) is 93.1 cm³/mol. The lowest BCUT2D eigenvalue weighted by Gasteiger charge is -2.06. The van der Waals surface area contributed by atoms with Crippen LogP contribution in [0, 0.1) is 13.8 Å². The number of hydrogen-bond donors (Lipinski definition) is 2. The average molecular weight is 331 g/mol. The molecule has 2 N–H and O–H groups in total. The van der Waals surface area contributed by atoms with E-state index in [4.69, 9.17) is 5.11 Å². The first kappa shape index (κ1) is 17.2. The molecule has 0 aliphatic carbocycles. The molecule has 5 heteroatoms. The first-order chi connectivity index (χ1) is 10.9. The Hall–Kier alpha value is -2.14. The largest absolute Gasteiger partial charge is 0.481 e. The van der Waals surface area contributed by atoms with Gasteiger partial charge in [-0.3, -0.25) is 9.59 Å². The van der Waals surface area contributed by atoms with E-state index in [-0.39, 0.29) is 12.3 Å². The SMILES string of the molecule is Cc1cc(CCCC(=O)Nc2ccc(CC(=O)O)cc2)c(C)s1. The van der Waals surface area contributed by atoms with Gasteiger partial charge in [-0.15, -0.1) is 11.3 Å². The maximum Gasteiger partial charge on any atom is 0.307 e. The first-order valence-corrected chi connectivity index (χ1v) is 8.42. The highest BCUT2D eigenvalue weighted by Crippen LogP contribution is 2.22. The van der Waals surface area contributed by atoms with Crippen LogP contribution in [0.4, 0.5) is 5.69 Å². The molecule has 0 spiro atoms. The molecule has 0 unspecified atom stereocenters. The van der Waals surface area contributed by atoms with Gasteiger partial charge in [0, 0.05) is 21.9 Å². The normalized spacial score (nSPS) is 10.5. The van der Waals surface area contributed by atoms with Gasteiger partial charge in [-0.1, -0.05) is 12.1 Å². The highest BCUT2D eigenvalue weighted by atomic mass is 32.1. The molecule has 1 heterocycles. The Morgan fingerprint density at radius 3 is 2.43 bits per heavy atom. The van der Waals surface area contributed by atoms with Gasteiger partial charge in [-0.2, -0.15) is 0 Å². The Labute approximate surface area is 140 Å². The molecule has 1 amide bonds. The number of hydrogen-bond acceptors (Lipinski definition) is 3. The van der Waals surface area contributed by atoms with Crippen LogP contribution in [-0.4, -0.2) is 17.0 Å². The van der Waals surface area contributed by atoms with Crippen LogP contribution in [-0.2, 0) is 22.4 Å². The van der Waals surface area contributed by atoms with E-state index < -0.39 is 5.97 Å². The number of benzene rings is 1. The maximum absolute atomic E-state index is 12.0. The van der Waals surface area contributed by atoms with E-state index in [0.29, 0.717) is 12.1 Å². The summed E-state index contributed by atoms with van der Waals surface area (Å²) in [7, 11) is 0.